The van der Waals surface area contributed by atoms with Crippen LogP contribution in [0.4, 0.5) is 5.82 Å². The highest BCUT2D eigenvalue weighted by molar-refractivity contribution is 5.78. The van der Waals surface area contributed by atoms with Crippen LogP contribution in [0.1, 0.15) is 6.92 Å². The van der Waals surface area contributed by atoms with Gasteiger partial charge in [-0.25, -0.2) is 4.98 Å². The zero-order valence-corrected chi connectivity index (χ0v) is 15.5. The number of rotatable bonds is 5. The Morgan fingerprint density at radius 3 is 2.63 bits per heavy atom. The second kappa shape index (κ2) is 7.75. The number of nitrogens with zero attached hydrogens (tertiary/aromatic N) is 5. The highest BCUT2D eigenvalue weighted by Crippen LogP contribution is 2.25. The molecule has 1 N–H and O–H groups in total. The second-order valence-electron chi connectivity index (χ2n) is 6.68. The number of carbonyl (C=O) groups excluding carboxylic acids is 1. The molecule has 7 nitrogen and oxygen atoms in total. The minimum Gasteiger partial charge on any atom is -0.355 e. The first-order valence-electron chi connectivity index (χ1n) is 9.39. The van der Waals surface area contributed by atoms with E-state index in [2.05, 4.69) is 38.4 Å². The van der Waals surface area contributed by atoms with Crippen LogP contribution in [0.15, 0.2) is 48.7 Å². The molecular weight excluding hydrogens is 340 g/mol. The third kappa shape index (κ3) is 3.78. The molecular formula is C20H24N6O. The number of amides is 1. The van der Waals surface area contributed by atoms with Gasteiger partial charge in [-0.3, -0.25) is 9.69 Å². The van der Waals surface area contributed by atoms with E-state index in [1.165, 1.54) is 0 Å². The van der Waals surface area contributed by atoms with Crippen LogP contribution in [0, 0.1) is 0 Å². The van der Waals surface area contributed by atoms with Crippen molar-refractivity contribution in [2.45, 2.75) is 6.92 Å². The summed E-state index contributed by atoms with van der Waals surface area (Å²) in [5, 5.41) is 7.32. The third-order valence-corrected chi connectivity index (χ3v) is 4.85. The number of fused-ring (bicyclic) bond motifs is 1. The van der Waals surface area contributed by atoms with E-state index >= 15 is 0 Å². The number of hydrogen-bond donors (Lipinski definition) is 1. The SMILES string of the molecule is CCNC(=O)CN1CCN(c2cc(-c3ccccc3)nc3ccnn23)CC1. The monoisotopic (exact) mass is 364 g/mol. The van der Waals surface area contributed by atoms with E-state index in [1.807, 2.05) is 35.7 Å². The first-order valence-corrected chi connectivity index (χ1v) is 9.39. The Morgan fingerprint density at radius 1 is 1.11 bits per heavy atom. The Balaban J connectivity index is 1.55. The van der Waals surface area contributed by atoms with Crippen LogP contribution in [-0.4, -0.2) is 64.7 Å². The molecule has 1 saturated heterocycles. The number of hydrogen-bond acceptors (Lipinski definition) is 5. The van der Waals surface area contributed by atoms with Gasteiger partial charge in [-0.05, 0) is 6.92 Å². The van der Waals surface area contributed by atoms with E-state index in [-0.39, 0.29) is 5.91 Å². The van der Waals surface area contributed by atoms with Crippen LogP contribution in [0.2, 0.25) is 0 Å². The van der Waals surface area contributed by atoms with Crippen molar-refractivity contribution in [3.05, 3.63) is 48.7 Å². The molecule has 0 radical (unpaired) electrons. The van der Waals surface area contributed by atoms with Gasteiger partial charge in [-0.15, -0.1) is 0 Å². The summed E-state index contributed by atoms with van der Waals surface area (Å²) in [5.74, 6) is 1.14. The minimum absolute atomic E-state index is 0.0932. The molecule has 3 aromatic rings. The number of likely N-dealkylation sites (N-methyl/N-ethyl adjacent to an activating group) is 1. The number of aromatic nitrogens is 3. The molecule has 3 heterocycles. The predicted molar refractivity (Wildman–Crippen MR) is 106 cm³/mol. The first-order chi connectivity index (χ1) is 13.2. The zero-order chi connectivity index (χ0) is 18.6. The molecule has 4 rings (SSSR count). The van der Waals surface area contributed by atoms with Crippen LogP contribution >= 0.6 is 0 Å². The average Bonchev–Trinajstić information content (AvgIpc) is 3.17. The van der Waals surface area contributed by atoms with Crippen LogP contribution < -0.4 is 10.2 Å². The smallest absolute Gasteiger partial charge is 0.234 e. The summed E-state index contributed by atoms with van der Waals surface area (Å²) >= 11 is 0. The summed E-state index contributed by atoms with van der Waals surface area (Å²) in [6.45, 7) is 6.49. The summed E-state index contributed by atoms with van der Waals surface area (Å²) < 4.78 is 1.89. The molecule has 1 aromatic carbocycles. The maximum Gasteiger partial charge on any atom is 0.234 e. The van der Waals surface area contributed by atoms with Gasteiger partial charge in [-0.1, -0.05) is 30.3 Å². The first kappa shape index (κ1) is 17.5. The molecule has 1 amide bonds. The normalized spacial score (nSPS) is 15.2. The lowest BCUT2D eigenvalue weighted by molar-refractivity contribution is -0.122. The highest BCUT2D eigenvalue weighted by atomic mass is 16.2. The van der Waals surface area contributed by atoms with E-state index in [1.54, 1.807) is 6.20 Å². The molecule has 0 atom stereocenters. The summed E-state index contributed by atoms with van der Waals surface area (Å²) in [6.07, 6.45) is 1.78. The van der Waals surface area contributed by atoms with Crippen LogP contribution in [0.25, 0.3) is 16.9 Å². The molecule has 0 unspecified atom stereocenters. The molecule has 0 aliphatic carbocycles. The van der Waals surface area contributed by atoms with Crippen LogP contribution in [0.3, 0.4) is 0 Å². The van der Waals surface area contributed by atoms with E-state index in [4.69, 9.17) is 4.98 Å². The largest absolute Gasteiger partial charge is 0.355 e. The van der Waals surface area contributed by atoms with Gasteiger partial charge in [0.2, 0.25) is 5.91 Å². The molecule has 0 saturated carbocycles. The van der Waals surface area contributed by atoms with Crippen molar-refractivity contribution < 1.29 is 4.79 Å². The van der Waals surface area contributed by atoms with Crippen molar-refractivity contribution in [3.8, 4) is 11.3 Å². The minimum atomic E-state index is 0.0932. The van der Waals surface area contributed by atoms with Gasteiger partial charge in [0, 0.05) is 50.4 Å². The number of piperazine rings is 1. The zero-order valence-electron chi connectivity index (χ0n) is 15.5. The van der Waals surface area contributed by atoms with Crippen molar-refractivity contribution in [3.63, 3.8) is 0 Å². The predicted octanol–water partition coefficient (Wildman–Crippen LogP) is 1.65. The fourth-order valence-corrected chi connectivity index (χ4v) is 3.47. The molecule has 0 spiro atoms. The van der Waals surface area contributed by atoms with E-state index in [0.29, 0.717) is 13.1 Å². The Morgan fingerprint density at radius 2 is 1.89 bits per heavy atom. The Kier molecular flexibility index (Phi) is 5.02. The number of benzene rings is 1. The van der Waals surface area contributed by atoms with Crippen molar-refractivity contribution in [1.82, 2.24) is 24.8 Å². The Hall–Kier alpha value is -2.93. The van der Waals surface area contributed by atoms with E-state index < -0.39 is 0 Å². The number of nitrogens with one attached hydrogen (secondary N) is 1. The summed E-state index contributed by atoms with van der Waals surface area (Å²) in [4.78, 5) is 21.1. The van der Waals surface area contributed by atoms with Gasteiger partial charge in [0.1, 0.15) is 5.82 Å². The Bertz CT molecular complexity index is 915. The maximum absolute atomic E-state index is 11.8. The van der Waals surface area contributed by atoms with Crippen LogP contribution in [0.5, 0.6) is 0 Å². The summed E-state index contributed by atoms with van der Waals surface area (Å²) in [6, 6.07) is 14.2. The lowest BCUT2D eigenvalue weighted by Gasteiger charge is -2.35. The second-order valence-corrected chi connectivity index (χ2v) is 6.68. The van der Waals surface area contributed by atoms with Crippen molar-refractivity contribution in [2.24, 2.45) is 0 Å². The molecule has 2 aromatic heterocycles. The lowest BCUT2D eigenvalue weighted by atomic mass is 10.1. The van der Waals surface area contributed by atoms with E-state index in [9.17, 15) is 4.79 Å². The van der Waals surface area contributed by atoms with Crippen molar-refractivity contribution >= 4 is 17.4 Å². The number of carbonyl (C=O) groups is 1. The molecule has 1 fully saturated rings. The molecule has 0 bridgehead atoms. The number of anilines is 1. The van der Waals surface area contributed by atoms with Gasteiger partial charge in [0.15, 0.2) is 5.65 Å². The highest BCUT2D eigenvalue weighted by Gasteiger charge is 2.21. The molecule has 1 aliphatic heterocycles. The van der Waals surface area contributed by atoms with E-state index in [0.717, 1.165) is 48.9 Å². The summed E-state index contributed by atoms with van der Waals surface area (Å²) in [5.41, 5.74) is 2.89. The molecule has 7 heteroatoms. The molecule has 1 aliphatic rings. The van der Waals surface area contributed by atoms with Crippen molar-refractivity contribution in [2.75, 3.05) is 44.2 Å². The van der Waals surface area contributed by atoms with Gasteiger partial charge in [-0.2, -0.15) is 9.61 Å². The van der Waals surface area contributed by atoms with Gasteiger partial charge in [0.05, 0.1) is 18.4 Å². The third-order valence-electron chi connectivity index (χ3n) is 4.85. The quantitative estimate of drug-likeness (QED) is 0.746. The molecule has 27 heavy (non-hydrogen) atoms. The fourth-order valence-electron chi connectivity index (χ4n) is 3.47. The van der Waals surface area contributed by atoms with Gasteiger partial charge in [0.25, 0.3) is 0 Å². The van der Waals surface area contributed by atoms with Gasteiger partial charge < -0.3 is 10.2 Å². The Labute approximate surface area is 158 Å². The topological polar surface area (TPSA) is 65.8 Å². The van der Waals surface area contributed by atoms with Gasteiger partial charge >= 0.3 is 0 Å². The molecule has 140 valence electrons. The van der Waals surface area contributed by atoms with Crippen LogP contribution in [-0.2, 0) is 4.79 Å². The van der Waals surface area contributed by atoms with Crippen molar-refractivity contribution in [1.29, 1.82) is 0 Å². The lowest BCUT2D eigenvalue weighted by Crippen LogP contribution is -2.50. The maximum atomic E-state index is 11.8. The average molecular weight is 364 g/mol. The summed E-state index contributed by atoms with van der Waals surface area (Å²) in [7, 11) is 0. The fraction of sp³-hybridized carbons (Fsp3) is 0.350. The standard InChI is InChI=1S/C20H24N6O/c1-2-21-19(27)15-24-10-12-25(13-11-24)20-14-17(16-6-4-3-5-7-16)23-18-8-9-22-26(18)20/h3-9,14H,2,10-13,15H2,1H3,(H,21,27).